The molecular formula is C13H12ClNO. The Morgan fingerprint density at radius 3 is 3.00 bits per heavy atom. The van der Waals surface area contributed by atoms with Crippen molar-refractivity contribution in [1.82, 2.24) is 4.98 Å². The highest BCUT2D eigenvalue weighted by molar-refractivity contribution is 6.35. The van der Waals surface area contributed by atoms with Crippen molar-refractivity contribution in [3.63, 3.8) is 0 Å². The molecule has 1 saturated carbocycles. The third-order valence-electron chi connectivity index (χ3n) is 2.84. The second-order valence-electron chi connectivity index (χ2n) is 4.23. The molecule has 3 heteroatoms. The maximum Gasteiger partial charge on any atom is 0.121 e. The zero-order chi connectivity index (χ0) is 11.0. The zero-order valence-corrected chi connectivity index (χ0v) is 9.57. The number of rotatable bonds is 3. The molecule has 1 heterocycles. The molecule has 0 radical (unpaired) electrons. The monoisotopic (exact) mass is 233 g/mol. The summed E-state index contributed by atoms with van der Waals surface area (Å²) in [5.74, 6) is 1.65. The summed E-state index contributed by atoms with van der Waals surface area (Å²) in [6, 6.07) is 7.67. The van der Waals surface area contributed by atoms with E-state index in [0.717, 1.165) is 34.2 Å². The fraction of sp³-hybridized carbons (Fsp3) is 0.308. The molecule has 1 aromatic heterocycles. The minimum atomic E-state index is 0.735. The molecule has 1 aliphatic carbocycles. The van der Waals surface area contributed by atoms with Gasteiger partial charge in [-0.3, -0.25) is 4.98 Å². The molecule has 16 heavy (non-hydrogen) atoms. The van der Waals surface area contributed by atoms with Crippen LogP contribution in [-0.2, 0) is 0 Å². The van der Waals surface area contributed by atoms with E-state index >= 15 is 0 Å². The van der Waals surface area contributed by atoms with Crippen molar-refractivity contribution < 1.29 is 4.74 Å². The first-order chi connectivity index (χ1) is 7.83. The van der Waals surface area contributed by atoms with Crippen LogP contribution in [0.4, 0.5) is 0 Å². The molecule has 0 saturated heterocycles. The molecular weight excluding hydrogens is 222 g/mol. The Bertz CT molecular complexity index is 522. The van der Waals surface area contributed by atoms with Gasteiger partial charge in [-0.1, -0.05) is 11.6 Å². The topological polar surface area (TPSA) is 22.1 Å². The van der Waals surface area contributed by atoms with E-state index in [0.29, 0.717) is 0 Å². The fourth-order valence-electron chi connectivity index (χ4n) is 1.68. The summed E-state index contributed by atoms with van der Waals surface area (Å²) in [5.41, 5.74) is 0.890. The molecule has 3 rings (SSSR count). The van der Waals surface area contributed by atoms with Crippen LogP contribution in [0.3, 0.4) is 0 Å². The number of ether oxygens (including phenoxy) is 1. The predicted octanol–water partition coefficient (Wildman–Crippen LogP) is 3.68. The molecule has 2 nitrogen and oxygen atoms in total. The van der Waals surface area contributed by atoms with Crippen LogP contribution < -0.4 is 4.74 Å². The van der Waals surface area contributed by atoms with E-state index in [1.165, 1.54) is 12.8 Å². The third kappa shape index (κ3) is 1.98. The summed E-state index contributed by atoms with van der Waals surface area (Å²) in [6.45, 7) is 0.825. The van der Waals surface area contributed by atoms with Crippen molar-refractivity contribution >= 4 is 22.5 Å². The van der Waals surface area contributed by atoms with E-state index in [1.54, 1.807) is 12.3 Å². The smallest absolute Gasteiger partial charge is 0.121 e. The summed E-state index contributed by atoms with van der Waals surface area (Å²) < 4.78 is 5.69. The lowest BCUT2D eigenvalue weighted by molar-refractivity contribution is 0.300. The Balaban J connectivity index is 1.89. The number of hydrogen-bond acceptors (Lipinski definition) is 2. The lowest BCUT2D eigenvalue weighted by atomic mass is 10.2. The number of nitrogens with zero attached hydrogens (tertiary/aromatic N) is 1. The molecule has 0 N–H and O–H groups in total. The molecule has 0 unspecified atom stereocenters. The molecule has 0 spiro atoms. The molecule has 1 aromatic carbocycles. The first-order valence-corrected chi connectivity index (χ1v) is 5.88. The molecule has 0 bridgehead atoms. The van der Waals surface area contributed by atoms with Crippen LogP contribution in [0, 0.1) is 5.92 Å². The van der Waals surface area contributed by atoms with Crippen LogP contribution in [0.25, 0.3) is 10.9 Å². The minimum absolute atomic E-state index is 0.735. The van der Waals surface area contributed by atoms with Crippen molar-refractivity contribution in [1.29, 1.82) is 0 Å². The lowest BCUT2D eigenvalue weighted by Crippen LogP contribution is -1.98. The van der Waals surface area contributed by atoms with Gasteiger partial charge in [-0.25, -0.2) is 0 Å². The standard InChI is InChI=1S/C13H12ClNO/c14-12-5-6-15-13-7-10(3-4-11(12)13)16-8-9-1-2-9/h3-7,9H,1-2,8H2. The predicted molar refractivity (Wildman–Crippen MR) is 65.0 cm³/mol. The lowest BCUT2D eigenvalue weighted by Gasteiger charge is -2.06. The van der Waals surface area contributed by atoms with Gasteiger partial charge < -0.3 is 4.74 Å². The quantitative estimate of drug-likeness (QED) is 0.807. The number of hydrogen-bond donors (Lipinski definition) is 0. The van der Waals surface area contributed by atoms with Crippen LogP contribution in [0.5, 0.6) is 5.75 Å². The first kappa shape index (κ1) is 9.91. The Morgan fingerprint density at radius 2 is 2.19 bits per heavy atom. The van der Waals surface area contributed by atoms with Crippen LogP contribution in [0.2, 0.25) is 5.02 Å². The number of fused-ring (bicyclic) bond motifs is 1. The molecule has 1 aliphatic rings. The van der Waals surface area contributed by atoms with E-state index in [2.05, 4.69) is 4.98 Å². The van der Waals surface area contributed by atoms with Gasteiger partial charge in [0.15, 0.2) is 0 Å². The van der Waals surface area contributed by atoms with Gasteiger partial charge in [-0.2, -0.15) is 0 Å². The van der Waals surface area contributed by atoms with Crippen molar-refractivity contribution in [2.45, 2.75) is 12.8 Å². The maximum atomic E-state index is 6.07. The normalized spacial score (nSPS) is 15.3. The Hall–Kier alpha value is -1.28. The Labute approximate surface area is 99.2 Å². The van der Waals surface area contributed by atoms with Crippen LogP contribution >= 0.6 is 11.6 Å². The van der Waals surface area contributed by atoms with E-state index in [4.69, 9.17) is 16.3 Å². The van der Waals surface area contributed by atoms with Crippen molar-refractivity contribution in [2.75, 3.05) is 6.61 Å². The van der Waals surface area contributed by atoms with Gasteiger partial charge >= 0.3 is 0 Å². The molecule has 1 fully saturated rings. The van der Waals surface area contributed by atoms with Crippen LogP contribution in [-0.4, -0.2) is 11.6 Å². The largest absolute Gasteiger partial charge is 0.493 e. The van der Waals surface area contributed by atoms with Crippen molar-refractivity contribution in [2.24, 2.45) is 5.92 Å². The summed E-state index contributed by atoms with van der Waals surface area (Å²) in [7, 11) is 0. The first-order valence-electron chi connectivity index (χ1n) is 5.50. The summed E-state index contributed by atoms with van der Waals surface area (Å²) in [5, 5.41) is 1.71. The SMILES string of the molecule is Clc1ccnc2cc(OCC3CC3)ccc12. The number of benzene rings is 1. The zero-order valence-electron chi connectivity index (χ0n) is 8.82. The maximum absolute atomic E-state index is 6.07. The Morgan fingerprint density at radius 1 is 1.31 bits per heavy atom. The fourth-order valence-corrected chi connectivity index (χ4v) is 1.90. The van der Waals surface area contributed by atoms with E-state index in [1.807, 2.05) is 18.2 Å². The average molecular weight is 234 g/mol. The van der Waals surface area contributed by atoms with Crippen LogP contribution in [0.1, 0.15) is 12.8 Å². The molecule has 82 valence electrons. The van der Waals surface area contributed by atoms with Gasteiger partial charge in [0, 0.05) is 17.6 Å². The summed E-state index contributed by atoms with van der Waals surface area (Å²) in [6.07, 6.45) is 4.32. The molecule has 0 atom stereocenters. The Kier molecular flexibility index (Phi) is 2.44. The third-order valence-corrected chi connectivity index (χ3v) is 3.17. The van der Waals surface area contributed by atoms with Gasteiger partial charge in [0.25, 0.3) is 0 Å². The van der Waals surface area contributed by atoms with Gasteiger partial charge in [-0.15, -0.1) is 0 Å². The van der Waals surface area contributed by atoms with Gasteiger partial charge in [0.05, 0.1) is 17.1 Å². The van der Waals surface area contributed by atoms with Gasteiger partial charge in [0.2, 0.25) is 0 Å². The second-order valence-corrected chi connectivity index (χ2v) is 4.63. The minimum Gasteiger partial charge on any atom is -0.493 e. The highest BCUT2D eigenvalue weighted by Gasteiger charge is 2.21. The summed E-state index contributed by atoms with van der Waals surface area (Å²) in [4.78, 5) is 4.28. The average Bonchev–Trinajstić information content (AvgIpc) is 3.10. The second kappa shape index (κ2) is 3.95. The highest BCUT2D eigenvalue weighted by Crippen LogP contribution is 2.30. The molecule has 0 amide bonds. The summed E-state index contributed by atoms with van der Waals surface area (Å²) >= 11 is 6.07. The van der Waals surface area contributed by atoms with Gasteiger partial charge in [0.1, 0.15) is 5.75 Å². The van der Waals surface area contributed by atoms with E-state index in [-0.39, 0.29) is 0 Å². The number of halogens is 1. The van der Waals surface area contributed by atoms with E-state index in [9.17, 15) is 0 Å². The number of pyridine rings is 1. The number of aromatic nitrogens is 1. The van der Waals surface area contributed by atoms with Crippen molar-refractivity contribution in [3.8, 4) is 5.75 Å². The molecule has 0 aliphatic heterocycles. The van der Waals surface area contributed by atoms with Crippen molar-refractivity contribution in [3.05, 3.63) is 35.5 Å². The van der Waals surface area contributed by atoms with Gasteiger partial charge in [-0.05, 0) is 37.0 Å². The van der Waals surface area contributed by atoms with E-state index < -0.39 is 0 Å². The highest BCUT2D eigenvalue weighted by atomic mass is 35.5. The van der Waals surface area contributed by atoms with Crippen LogP contribution in [0.15, 0.2) is 30.5 Å². The molecule has 2 aromatic rings.